The van der Waals surface area contributed by atoms with Gasteiger partial charge >= 0.3 is 57.4 Å². The number of benzene rings is 2. The molecule has 0 spiro atoms. The van der Waals surface area contributed by atoms with Gasteiger partial charge in [0.15, 0.2) is 0 Å². The van der Waals surface area contributed by atoms with Crippen LogP contribution < -0.4 is 10.5 Å². The van der Waals surface area contributed by atoms with E-state index in [1.807, 2.05) is 37.3 Å². The maximum atomic E-state index is 11.0. The first-order valence-electron chi connectivity index (χ1n) is 7.08. The molecular weight excluding hydrogens is 319 g/mol. The zero-order valence-electron chi connectivity index (χ0n) is 12.6. The fourth-order valence-electron chi connectivity index (χ4n) is 2.15. The van der Waals surface area contributed by atoms with Gasteiger partial charge in [-0.2, -0.15) is 5.06 Å². The number of rotatable bonds is 5. The van der Waals surface area contributed by atoms with Gasteiger partial charge in [-0.3, -0.25) is 5.21 Å². The molecule has 0 aliphatic rings. The first-order chi connectivity index (χ1) is 10.5. The van der Waals surface area contributed by atoms with Gasteiger partial charge in [0, 0.05) is 0 Å². The van der Waals surface area contributed by atoms with Gasteiger partial charge in [0.05, 0.1) is 6.04 Å². The third kappa shape index (κ3) is 5.60. The van der Waals surface area contributed by atoms with Gasteiger partial charge < -0.3 is 10.5 Å². The van der Waals surface area contributed by atoms with Crippen LogP contribution in [0.15, 0.2) is 54.6 Å². The number of nitrogens with zero attached hydrogens (tertiary/aromatic N) is 1. The molecule has 2 rings (SSSR count). The minimum absolute atomic E-state index is 0. The van der Waals surface area contributed by atoms with E-state index >= 15 is 0 Å². The Morgan fingerprint density at radius 3 is 2.13 bits per heavy atom. The third-order valence-corrected chi connectivity index (χ3v) is 3.54. The molecule has 3 N–H and O–H groups in total. The molecule has 0 aliphatic carbocycles. The summed E-state index contributed by atoms with van der Waals surface area (Å²) in [4.78, 5) is 11.0. The fourth-order valence-corrected chi connectivity index (χ4v) is 2.15. The van der Waals surface area contributed by atoms with Gasteiger partial charge in [-0.05, 0) is 37.1 Å². The third-order valence-electron chi connectivity index (χ3n) is 3.54. The summed E-state index contributed by atoms with van der Waals surface area (Å²) in [6.45, 7) is 3.67. The summed E-state index contributed by atoms with van der Waals surface area (Å²) in [5.74, 6) is 0.718. The van der Waals surface area contributed by atoms with E-state index in [0.29, 0.717) is 5.06 Å². The Bertz CT molecular complexity index is 619. The molecule has 0 fully saturated rings. The Morgan fingerprint density at radius 2 is 1.61 bits per heavy atom. The first kappa shape index (κ1) is 20.2. The average molecular weight is 340 g/mol. The van der Waals surface area contributed by atoms with Crippen molar-refractivity contribution in [2.45, 2.75) is 26.0 Å². The van der Waals surface area contributed by atoms with Crippen LogP contribution in [0.4, 0.5) is 4.79 Å². The molecule has 2 aromatic carbocycles. The number of carbonyl (C=O) groups excluding carboxylic acids is 1. The van der Waals surface area contributed by atoms with Crippen molar-refractivity contribution in [3.63, 3.8) is 0 Å². The number of carbonyl (C=O) groups is 1. The van der Waals surface area contributed by atoms with Crippen molar-refractivity contribution in [1.82, 2.24) is 5.06 Å². The number of ether oxygens (including phenoxy) is 1. The van der Waals surface area contributed by atoms with Crippen molar-refractivity contribution in [3.8, 4) is 5.75 Å². The summed E-state index contributed by atoms with van der Waals surface area (Å²) in [5.41, 5.74) is 6.90. The zero-order valence-corrected chi connectivity index (χ0v) is 12.6. The van der Waals surface area contributed by atoms with Crippen LogP contribution in [0.5, 0.6) is 5.75 Å². The van der Waals surface area contributed by atoms with Crippen LogP contribution in [-0.2, 0) is 0 Å². The quantitative estimate of drug-likeness (QED) is 0.499. The van der Waals surface area contributed by atoms with Crippen LogP contribution in [0.1, 0.15) is 37.1 Å². The summed E-state index contributed by atoms with van der Waals surface area (Å²) in [6.07, 6.45) is -0.0653. The summed E-state index contributed by atoms with van der Waals surface area (Å²) < 4.78 is 5.88. The van der Waals surface area contributed by atoms with Gasteiger partial charge in [0.25, 0.3) is 0 Å². The summed E-state index contributed by atoms with van der Waals surface area (Å²) in [5, 5.41) is 10.0. The summed E-state index contributed by atoms with van der Waals surface area (Å²) in [6, 6.07) is 15.7. The second-order valence-electron chi connectivity index (χ2n) is 5.10. The van der Waals surface area contributed by atoms with E-state index in [1.54, 1.807) is 31.2 Å². The van der Waals surface area contributed by atoms with Gasteiger partial charge in [-0.1, -0.05) is 42.5 Å². The Morgan fingerprint density at radius 1 is 1.04 bits per heavy atom. The Balaban J connectivity index is 0.00000264. The minimum atomic E-state index is -0.884. The molecule has 0 bridgehead atoms. The molecule has 2 atom stereocenters. The van der Waals surface area contributed by atoms with Gasteiger partial charge in [-0.15, -0.1) is 0 Å². The van der Waals surface area contributed by atoms with Gasteiger partial charge in [0.1, 0.15) is 11.9 Å². The molecule has 118 valence electrons. The van der Waals surface area contributed by atoms with Crippen molar-refractivity contribution < 1.29 is 14.7 Å². The number of nitrogens with two attached hydrogens (primary N) is 1. The van der Waals surface area contributed by atoms with E-state index < -0.39 is 12.1 Å². The molecule has 5 nitrogen and oxygen atoms in total. The van der Waals surface area contributed by atoms with Crippen molar-refractivity contribution in [1.29, 1.82) is 0 Å². The zero-order chi connectivity index (χ0) is 16.1. The number of amides is 2. The van der Waals surface area contributed by atoms with Crippen molar-refractivity contribution in [2.24, 2.45) is 5.73 Å². The number of hydrogen-bond donors (Lipinski definition) is 2. The number of primary amides is 1. The molecule has 0 saturated carbocycles. The second-order valence-corrected chi connectivity index (χ2v) is 5.10. The number of hydrogen-bond acceptors (Lipinski definition) is 3. The molecule has 0 heterocycles. The van der Waals surface area contributed by atoms with Gasteiger partial charge in [-0.25, -0.2) is 4.79 Å². The molecule has 2 aromatic rings. The second kappa shape index (κ2) is 9.41. The van der Waals surface area contributed by atoms with Crippen molar-refractivity contribution in [3.05, 3.63) is 65.7 Å². The Labute approximate surface area is 178 Å². The maximum absolute atomic E-state index is 11.0. The molecule has 6 heteroatoms. The SMILES string of the molecule is CC(Oc1ccc(C(C)N(O)C(N)=O)cc1)c1ccccc1.[KH]. The predicted octanol–water partition coefficient (Wildman–Crippen LogP) is 3.01. The van der Waals surface area contributed by atoms with Crippen LogP contribution in [0.2, 0.25) is 0 Å². The van der Waals surface area contributed by atoms with E-state index in [9.17, 15) is 10.0 Å². The molecule has 0 aromatic heterocycles. The van der Waals surface area contributed by atoms with Crippen LogP contribution in [-0.4, -0.2) is 67.7 Å². The Hall–Kier alpha value is -0.894. The summed E-state index contributed by atoms with van der Waals surface area (Å²) in [7, 11) is 0. The van der Waals surface area contributed by atoms with Crippen LogP contribution in [0, 0.1) is 0 Å². The Kier molecular flexibility index (Phi) is 8.25. The average Bonchev–Trinajstić information content (AvgIpc) is 2.55. The normalized spacial score (nSPS) is 12.7. The fraction of sp³-hybridized carbons (Fsp3) is 0.235. The molecule has 0 radical (unpaired) electrons. The monoisotopic (exact) mass is 340 g/mol. The first-order valence-corrected chi connectivity index (χ1v) is 7.08. The molecule has 0 saturated heterocycles. The van der Waals surface area contributed by atoms with E-state index in [0.717, 1.165) is 16.9 Å². The van der Waals surface area contributed by atoms with Crippen LogP contribution in [0.25, 0.3) is 0 Å². The van der Waals surface area contributed by atoms with Crippen molar-refractivity contribution in [2.75, 3.05) is 0 Å². The molecular formula is C17H21KN2O3. The van der Waals surface area contributed by atoms with Gasteiger partial charge in [0.2, 0.25) is 0 Å². The molecule has 0 aliphatic heterocycles. The van der Waals surface area contributed by atoms with E-state index in [-0.39, 0.29) is 57.5 Å². The number of hydroxylamine groups is 2. The molecule has 2 unspecified atom stereocenters. The van der Waals surface area contributed by atoms with Crippen LogP contribution in [0.3, 0.4) is 0 Å². The summed E-state index contributed by atoms with van der Waals surface area (Å²) >= 11 is 0. The van der Waals surface area contributed by atoms with E-state index in [2.05, 4.69) is 0 Å². The van der Waals surface area contributed by atoms with E-state index in [1.165, 1.54) is 0 Å². The standard InChI is InChI=1S/C17H20N2O3.K.H/c1-12(19(21)17(18)20)14-8-10-16(11-9-14)22-13(2)15-6-4-3-5-7-15;;/h3-13,21H,1-2H3,(H2,18,20);;. The van der Waals surface area contributed by atoms with Crippen molar-refractivity contribution >= 4 is 57.4 Å². The predicted molar refractivity (Wildman–Crippen MR) is 90.7 cm³/mol. The topological polar surface area (TPSA) is 75.8 Å². The van der Waals surface area contributed by atoms with Crippen LogP contribution >= 0.6 is 0 Å². The molecule has 2 amide bonds. The van der Waals surface area contributed by atoms with E-state index in [4.69, 9.17) is 10.5 Å². The molecule has 23 heavy (non-hydrogen) atoms. The number of urea groups is 1.